The van der Waals surface area contributed by atoms with Crippen molar-refractivity contribution in [3.05, 3.63) is 0 Å². The van der Waals surface area contributed by atoms with Crippen molar-refractivity contribution in [3.63, 3.8) is 0 Å². The number of nitrogens with one attached hydrogen (secondary N) is 5. The minimum Gasteiger partial charge on any atom is -0.363 e. The van der Waals surface area contributed by atoms with Crippen molar-refractivity contribution in [2.45, 2.75) is 98.8 Å². The Bertz CT molecular complexity index is 1310. The van der Waals surface area contributed by atoms with Gasteiger partial charge in [-0.3, -0.25) is 19.2 Å². The second kappa shape index (κ2) is 13.9. The van der Waals surface area contributed by atoms with Crippen LogP contribution in [0.5, 0.6) is 0 Å². The largest absolute Gasteiger partial charge is 0.363 e. The molecule has 3 aliphatic rings. The zero-order valence-corrected chi connectivity index (χ0v) is 29.7. The van der Waals surface area contributed by atoms with Gasteiger partial charge in [0.2, 0.25) is 17.6 Å². The maximum absolute atomic E-state index is 14.2. The number of alkyl halides is 1. The van der Waals surface area contributed by atoms with Crippen LogP contribution in [0, 0.1) is 34.0 Å². The van der Waals surface area contributed by atoms with E-state index in [-0.39, 0.29) is 36.3 Å². The molecule has 1 unspecified atom stereocenters. The molecule has 6 atom stereocenters. The smallest absolute Gasteiger partial charge is 0.315 e. The zero-order chi connectivity index (χ0) is 35.0. The van der Waals surface area contributed by atoms with Gasteiger partial charge in [-0.05, 0) is 53.3 Å². The van der Waals surface area contributed by atoms with Crippen LogP contribution in [-0.2, 0) is 29.4 Å². The number of carbonyl (C=O) groups is 5. The molecule has 46 heavy (non-hydrogen) atoms. The van der Waals surface area contributed by atoms with E-state index in [1.165, 1.54) is 4.90 Å². The summed E-state index contributed by atoms with van der Waals surface area (Å²) in [6, 6.07) is -4.31. The van der Waals surface area contributed by atoms with Crippen molar-refractivity contribution in [2.24, 2.45) is 39.7 Å². The van der Waals surface area contributed by atoms with E-state index >= 15 is 0 Å². The third-order valence-corrected chi connectivity index (χ3v) is 10.9. The maximum Gasteiger partial charge on any atom is 0.315 e. The van der Waals surface area contributed by atoms with Gasteiger partial charge >= 0.3 is 6.03 Å². The van der Waals surface area contributed by atoms with Crippen LogP contribution >= 0.6 is 11.6 Å². The number of fused-ring (bicyclic) bond motifs is 1. The first-order valence-electron chi connectivity index (χ1n) is 15.8. The Kier molecular flexibility index (Phi) is 11.5. The highest BCUT2D eigenvalue weighted by Crippen LogP contribution is 2.65. The first kappa shape index (κ1) is 38.0. The summed E-state index contributed by atoms with van der Waals surface area (Å²) in [5, 5.41) is 8.35. The molecular formula is C30H52ClN7O7S. The first-order valence-corrected chi connectivity index (χ1v) is 17.9. The number of rotatable bonds is 15. The molecule has 0 aromatic carbocycles. The van der Waals surface area contributed by atoms with E-state index in [1.54, 1.807) is 20.8 Å². The van der Waals surface area contributed by atoms with Crippen LogP contribution < -0.4 is 31.1 Å². The monoisotopic (exact) mass is 689 g/mol. The number of likely N-dealkylation sites (tertiary alicyclic amines) is 1. The van der Waals surface area contributed by atoms with Crippen LogP contribution in [0.3, 0.4) is 0 Å². The van der Waals surface area contributed by atoms with Gasteiger partial charge in [-0.15, -0.1) is 11.6 Å². The van der Waals surface area contributed by atoms with E-state index in [9.17, 15) is 32.4 Å². The van der Waals surface area contributed by atoms with Gasteiger partial charge in [-0.25, -0.2) is 14.2 Å². The SMILES string of the molecule is CC(C)(C)[C@H](NC(=O)N[C@H](CNS(=O)(=O)NCCCCl)C(C)(C)C)C(=O)N1C[C@H]2[C@@H]([C@H]1C(=O)NC(C(=O)C(N)=O)C1CC1)C2(C)C. The van der Waals surface area contributed by atoms with E-state index in [4.69, 9.17) is 17.3 Å². The normalized spacial score (nSPS) is 24.3. The molecule has 1 aliphatic heterocycles. The topological polar surface area (TPSA) is 209 Å². The third kappa shape index (κ3) is 9.10. The molecule has 0 aromatic heterocycles. The number of hydrogen-bond acceptors (Lipinski definition) is 7. The first-order chi connectivity index (χ1) is 21.0. The molecule has 5 amide bonds. The van der Waals surface area contributed by atoms with Crippen molar-refractivity contribution >= 4 is 51.3 Å². The van der Waals surface area contributed by atoms with Crippen LogP contribution in [0.2, 0.25) is 0 Å². The summed E-state index contributed by atoms with van der Waals surface area (Å²) < 4.78 is 29.6. The number of carbonyl (C=O) groups excluding carboxylic acids is 5. The Morgan fingerprint density at radius 1 is 0.957 bits per heavy atom. The number of primary amides is 1. The molecule has 0 aromatic rings. The lowest BCUT2D eigenvalue weighted by molar-refractivity contribution is -0.145. The molecule has 1 saturated heterocycles. The van der Waals surface area contributed by atoms with Crippen molar-refractivity contribution in [3.8, 4) is 0 Å². The molecule has 0 bridgehead atoms. The second-order valence-electron chi connectivity index (χ2n) is 15.6. The fraction of sp³-hybridized carbons (Fsp3) is 0.833. The lowest BCUT2D eigenvalue weighted by Gasteiger charge is -2.38. The fourth-order valence-electron chi connectivity index (χ4n) is 6.27. The molecule has 7 N–H and O–H groups in total. The molecule has 1 heterocycles. The molecular weight excluding hydrogens is 638 g/mol. The number of urea groups is 1. The average molecular weight is 690 g/mol. The van der Waals surface area contributed by atoms with Gasteiger partial charge in [-0.1, -0.05) is 55.4 Å². The predicted octanol–water partition coefficient (Wildman–Crippen LogP) is 0.600. The molecule has 262 valence electrons. The molecule has 16 heteroatoms. The summed E-state index contributed by atoms with van der Waals surface area (Å²) in [7, 11) is -3.84. The van der Waals surface area contributed by atoms with Crippen LogP contribution in [0.25, 0.3) is 0 Å². The fourth-order valence-corrected chi connectivity index (χ4v) is 7.30. The van der Waals surface area contributed by atoms with Crippen molar-refractivity contribution < 1.29 is 32.4 Å². The summed E-state index contributed by atoms with van der Waals surface area (Å²) in [5.74, 6) is -2.93. The number of piperidine rings is 1. The highest BCUT2D eigenvalue weighted by Gasteiger charge is 2.70. The van der Waals surface area contributed by atoms with Gasteiger partial charge in [0.25, 0.3) is 16.1 Å². The highest BCUT2D eigenvalue weighted by atomic mass is 35.5. The maximum atomic E-state index is 14.2. The van der Waals surface area contributed by atoms with Crippen LogP contribution in [0.15, 0.2) is 0 Å². The third-order valence-electron chi connectivity index (χ3n) is 9.50. The molecule has 3 fully saturated rings. The van der Waals surface area contributed by atoms with Gasteiger partial charge in [0.1, 0.15) is 18.1 Å². The number of nitrogens with zero attached hydrogens (tertiary/aromatic N) is 1. The van der Waals surface area contributed by atoms with Crippen LogP contribution in [0.4, 0.5) is 4.79 Å². The van der Waals surface area contributed by atoms with E-state index in [0.717, 1.165) is 0 Å². The predicted molar refractivity (Wildman–Crippen MR) is 174 cm³/mol. The number of ketones is 1. The Balaban J connectivity index is 1.77. The van der Waals surface area contributed by atoms with Crippen molar-refractivity contribution in [2.75, 3.05) is 25.5 Å². The summed E-state index contributed by atoms with van der Waals surface area (Å²) in [6.07, 6.45) is 1.82. The Morgan fingerprint density at radius 2 is 1.57 bits per heavy atom. The second-order valence-corrected chi connectivity index (χ2v) is 17.5. The lowest BCUT2D eigenvalue weighted by atomic mass is 9.85. The van der Waals surface area contributed by atoms with E-state index in [2.05, 4.69) is 25.4 Å². The number of halogens is 1. The Hall–Kier alpha value is -2.49. The molecule has 2 saturated carbocycles. The van der Waals surface area contributed by atoms with Crippen molar-refractivity contribution in [1.29, 1.82) is 0 Å². The lowest BCUT2D eigenvalue weighted by Crippen LogP contribution is -2.63. The van der Waals surface area contributed by atoms with Gasteiger partial charge in [0, 0.05) is 31.6 Å². The van der Waals surface area contributed by atoms with Gasteiger partial charge < -0.3 is 26.6 Å². The Morgan fingerprint density at radius 3 is 2.07 bits per heavy atom. The number of hydrogen-bond donors (Lipinski definition) is 6. The summed E-state index contributed by atoms with van der Waals surface area (Å²) in [6.45, 7) is 15.3. The number of nitrogens with two attached hydrogens (primary N) is 1. The van der Waals surface area contributed by atoms with Gasteiger partial charge in [-0.2, -0.15) is 8.42 Å². The number of Topliss-reactive ketones (excluding diaryl/α,β-unsaturated/α-hetero) is 1. The average Bonchev–Trinajstić information content (AvgIpc) is 3.79. The molecule has 0 spiro atoms. The van der Waals surface area contributed by atoms with Gasteiger partial charge in [0.15, 0.2) is 0 Å². The highest BCUT2D eigenvalue weighted by molar-refractivity contribution is 7.87. The van der Waals surface area contributed by atoms with E-state index in [0.29, 0.717) is 31.7 Å². The standard InChI is InChI=1S/C30H52ClN7O7S/c1-28(2,3)18(14-34-46(44,45)33-13-9-12-31)35-27(43)37-23(29(4,5)6)26(42)38-15-17-19(30(17,7)8)21(38)25(41)36-20(16-10-11-16)22(39)24(32)40/h16-21,23,33-34H,9-15H2,1-8H3,(H2,32,40)(H,36,41)(H2,35,37,43)/t17-,18+,19-,20?,21-,23+/m0/s1. The van der Waals surface area contributed by atoms with Gasteiger partial charge in [0.05, 0.1) is 0 Å². The zero-order valence-electron chi connectivity index (χ0n) is 28.2. The summed E-state index contributed by atoms with van der Waals surface area (Å²) in [4.78, 5) is 67.1. The van der Waals surface area contributed by atoms with E-state index < -0.39 is 74.7 Å². The minimum absolute atomic E-state index is 0.0456. The quantitative estimate of drug-likeness (QED) is 0.0819. The summed E-state index contributed by atoms with van der Waals surface area (Å²) >= 11 is 5.63. The molecule has 3 rings (SSSR count). The molecule has 14 nitrogen and oxygen atoms in total. The molecule has 0 radical (unpaired) electrons. The summed E-state index contributed by atoms with van der Waals surface area (Å²) in [5.41, 5.74) is 3.70. The van der Waals surface area contributed by atoms with E-state index in [1.807, 2.05) is 34.6 Å². The van der Waals surface area contributed by atoms with Crippen LogP contribution in [-0.4, -0.2) is 92.5 Å². The Labute approximate surface area is 277 Å². The minimum atomic E-state index is -3.84. The number of amides is 5. The van der Waals surface area contributed by atoms with Crippen LogP contribution in [0.1, 0.15) is 74.7 Å². The van der Waals surface area contributed by atoms with Crippen molar-refractivity contribution in [1.82, 2.24) is 30.3 Å². The molecule has 2 aliphatic carbocycles.